The molecule has 1 saturated carbocycles. The Balaban J connectivity index is 1.97. The Hall–Kier alpha value is -1.16. The molecule has 0 N–H and O–H groups in total. The summed E-state index contributed by atoms with van der Waals surface area (Å²) in [5, 5.41) is 4.08. The van der Waals surface area contributed by atoms with Gasteiger partial charge in [-0.3, -0.25) is 0 Å². The molecule has 3 nitrogen and oxygen atoms in total. The highest BCUT2D eigenvalue weighted by Gasteiger charge is 2.25. The molecule has 0 amide bonds. The molecule has 0 bridgehead atoms. The Morgan fingerprint density at radius 2 is 2.18 bits per heavy atom. The van der Waals surface area contributed by atoms with Crippen LogP contribution < -0.4 is 0 Å². The molecule has 0 saturated heterocycles. The second-order valence-electron chi connectivity index (χ2n) is 4.50. The molecule has 0 radical (unpaired) electrons. The van der Waals surface area contributed by atoms with Crippen LogP contribution in [0.15, 0.2) is 27.2 Å². The van der Waals surface area contributed by atoms with E-state index in [2.05, 4.69) is 33.0 Å². The third kappa shape index (κ3) is 1.90. The standard InChI is InChI=1S/C13H13BrN2O/c1-8-10(6-3-7-11(8)14)12-15-13(17-16-12)9-4-2-5-9/h3,6-7,9H,2,4-5H2,1H3. The molecule has 1 fully saturated rings. The average molecular weight is 293 g/mol. The van der Waals surface area contributed by atoms with E-state index < -0.39 is 0 Å². The number of halogens is 1. The summed E-state index contributed by atoms with van der Waals surface area (Å²) in [5.41, 5.74) is 2.18. The molecule has 1 aromatic carbocycles. The molecule has 88 valence electrons. The summed E-state index contributed by atoms with van der Waals surface area (Å²) in [6.45, 7) is 2.05. The Morgan fingerprint density at radius 1 is 1.35 bits per heavy atom. The number of nitrogens with zero attached hydrogens (tertiary/aromatic N) is 2. The van der Waals surface area contributed by atoms with Gasteiger partial charge in [-0.2, -0.15) is 4.98 Å². The maximum Gasteiger partial charge on any atom is 0.230 e. The molecule has 0 atom stereocenters. The van der Waals surface area contributed by atoms with Crippen molar-refractivity contribution in [1.29, 1.82) is 0 Å². The maximum atomic E-state index is 5.34. The molecule has 1 heterocycles. The summed E-state index contributed by atoms with van der Waals surface area (Å²) in [6, 6.07) is 6.03. The van der Waals surface area contributed by atoms with Gasteiger partial charge in [-0.05, 0) is 31.4 Å². The van der Waals surface area contributed by atoms with Crippen molar-refractivity contribution in [2.75, 3.05) is 0 Å². The summed E-state index contributed by atoms with van der Waals surface area (Å²) in [6.07, 6.45) is 3.64. The molecule has 0 aliphatic heterocycles. The minimum Gasteiger partial charge on any atom is -0.339 e. The quantitative estimate of drug-likeness (QED) is 0.837. The lowest BCUT2D eigenvalue weighted by molar-refractivity contribution is 0.292. The van der Waals surface area contributed by atoms with Crippen molar-refractivity contribution in [3.8, 4) is 11.4 Å². The molecule has 1 aliphatic carbocycles. The fourth-order valence-electron chi connectivity index (χ4n) is 2.02. The number of hydrogen-bond donors (Lipinski definition) is 0. The number of hydrogen-bond acceptors (Lipinski definition) is 3. The highest BCUT2D eigenvalue weighted by Crippen LogP contribution is 2.36. The van der Waals surface area contributed by atoms with Crippen LogP contribution in [0.4, 0.5) is 0 Å². The van der Waals surface area contributed by atoms with Gasteiger partial charge in [0.05, 0.1) is 0 Å². The number of benzene rings is 1. The van der Waals surface area contributed by atoms with Crippen LogP contribution in [-0.2, 0) is 0 Å². The van der Waals surface area contributed by atoms with E-state index in [9.17, 15) is 0 Å². The van der Waals surface area contributed by atoms with E-state index in [1.54, 1.807) is 0 Å². The van der Waals surface area contributed by atoms with Gasteiger partial charge in [0.15, 0.2) is 0 Å². The molecule has 0 unspecified atom stereocenters. The average Bonchev–Trinajstić information content (AvgIpc) is 2.68. The van der Waals surface area contributed by atoms with Crippen molar-refractivity contribution in [3.05, 3.63) is 34.1 Å². The molecule has 4 heteroatoms. The lowest BCUT2D eigenvalue weighted by Crippen LogP contribution is -2.08. The molecule has 1 aromatic heterocycles. The van der Waals surface area contributed by atoms with Crippen molar-refractivity contribution in [2.45, 2.75) is 32.1 Å². The number of rotatable bonds is 2. The summed E-state index contributed by atoms with van der Waals surface area (Å²) >= 11 is 3.52. The third-order valence-electron chi connectivity index (χ3n) is 3.40. The van der Waals surface area contributed by atoms with E-state index in [1.807, 2.05) is 18.2 Å². The van der Waals surface area contributed by atoms with E-state index in [0.717, 1.165) is 21.5 Å². The lowest BCUT2D eigenvalue weighted by atomic mass is 9.85. The van der Waals surface area contributed by atoms with Gasteiger partial charge in [-0.1, -0.05) is 39.6 Å². The van der Waals surface area contributed by atoms with E-state index in [1.165, 1.54) is 19.3 Å². The van der Waals surface area contributed by atoms with E-state index in [0.29, 0.717) is 11.7 Å². The fraction of sp³-hybridized carbons (Fsp3) is 0.385. The zero-order valence-electron chi connectivity index (χ0n) is 9.61. The van der Waals surface area contributed by atoms with Crippen LogP contribution in [0.2, 0.25) is 0 Å². The predicted octanol–water partition coefficient (Wildman–Crippen LogP) is 4.08. The van der Waals surface area contributed by atoms with Crippen LogP contribution >= 0.6 is 15.9 Å². The molecule has 3 rings (SSSR count). The van der Waals surface area contributed by atoms with Crippen molar-refractivity contribution in [1.82, 2.24) is 10.1 Å². The van der Waals surface area contributed by atoms with Gasteiger partial charge in [0.1, 0.15) is 0 Å². The first kappa shape index (κ1) is 11.0. The van der Waals surface area contributed by atoms with Gasteiger partial charge in [0.2, 0.25) is 11.7 Å². The van der Waals surface area contributed by atoms with Crippen LogP contribution in [0, 0.1) is 6.92 Å². The first-order valence-electron chi connectivity index (χ1n) is 5.85. The summed E-state index contributed by atoms with van der Waals surface area (Å²) in [7, 11) is 0. The van der Waals surface area contributed by atoms with Crippen molar-refractivity contribution >= 4 is 15.9 Å². The number of aromatic nitrogens is 2. The zero-order valence-corrected chi connectivity index (χ0v) is 11.2. The predicted molar refractivity (Wildman–Crippen MR) is 68.8 cm³/mol. The van der Waals surface area contributed by atoms with Gasteiger partial charge < -0.3 is 4.52 Å². The summed E-state index contributed by atoms with van der Waals surface area (Å²) in [4.78, 5) is 4.51. The first-order chi connectivity index (χ1) is 8.25. The van der Waals surface area contributed by atoms with Crippen molar-refractivity contribution < 1.29 is 4.52 Å². The highest BCUT2D eigenvalue weighted by atomic mass is 79.9. The SMILES string of the molecule is Cc1c(Br)cccc1-c1noc(C2CCC2)n1. The minimum atomic E-state index is 0.490. The molecule has 17 heavy (non-hydrogen) atoms. The normalized spacial score (nSPS) is 15.9. The van der Waals surface area contributed by atoms with Gasteiger partial charge in [0.25, 0.3) is 0 Å². The Morgan fingerprint density at radius 3 is 2.88 bits per heavy atom. The Kier molecular flexibility index (Phi) is 2.74. The van der Waals surface area contributed by atoms with E-state index in [4.69, 9.17) is 4.52 Å². The van der Waals surface area contributed by atoms with Crippen LogP contribution in [0.1, 0.15) is 36.6 Å². The monoisotopic (exact) mass is 292 g/mol. The second-order valence-corrected chi connectivity index (χ2v) is 5.35. The third-order valence-corrected chi connectivity index (χ3v) is 4.26. The van der Waals surface area contributed by atoms with Crippen molar-refractivity contribution in [2.24, 2.45) is 0 Å². The smallest absolute Gasteiger partial charge is 0.230 e. The molecule has 0 spiro atoms. The highest BCUT2D eigenvalue weighted by molar-refractivity contribution is 9.10. The summed E-state index contributed by atoms with van der Waals surface area (Å²) < 4.78 is 6.42. The van der Waals surface area contributed by atoms with Crippen LogP contribution in [-0.4, -0.2) is 10.1 Å². The van der Waals surface area contributed by atoms with E-state index in [-0.39, 0.29) is 0 Å². The largest absolute Gasteiger partial charge is 0.339 e. The summed E-state index contributed by atoms with van der Waals surface area (Å²) in [5.74, 6) is 1.99. The molecular weight excluding hydrogens is 280 g/mol. The van der Waals surface area contributed by atoms with Crippen LogP contribution in [0.5, 0.6) is 0 Å². The minimum absolute atomic E-state index is 0.490. The molecule has 1 aliphatic rings. The van der Waals surface area contributed by atoms with Gasteiger partial charge >= 0.3 is 0 Å². The Labute approximate surface area is 108 Å². The lowest BCUT2D eigenvalue weighted by Gasteiger charge is -2.20. The fourth-order valence-corrected chi connectivity index (χ4v) is 2.38. The van der Waals surface area contributed by atoms with Gasteiger partial charge in [-0.15, -0.1) is 0 Å². The van der Waals surface area contributed by atoms with Crippen LogP contribution in [0.25, 0.3) is 11.4 Å². The molecular formula is C13H13BrN2O. The first-order valence-corrected chi connectivity index (χ1v) is 6.64. The zero-order chi connectivity index (χ0) is 11.8. The maximum absolute atomic E-state index is 5.34. The second kappa shape index (κ2) is 4.26. The molecule has 2 aromatic rings. The van der Waals surface area contributed by atoms with Gasteiger partial charge in [-0.25, -0.2) is 0 Å². The van der Waals surface area contributed by atoms with Crippen LogP contribution in [0.3, 0.4) is 0 Å². The van der Waals surface area contributed by atoms with Gasteiger partial charge in [0, 0.05) is 16.0 Å². The van der Waals surface area contributed by atoms with Crippen molar-refractivity contribution in [3.63, 3.8) is 0 Å². The topological polar surface area (TPSA) is 38.9 Å². The Bertz CT molecular complexity index is 546. The van der Waals surface area contributed by atoms with E-state index >= 15 is 0 Å².